The van der Waals surface area contributed by atoms with Gasteiger partial charge in [0, 0.05) is 31.5 Å². The highest BCUT2D eigenvalue weighted by molar-refractivity contribution is 5.89. The van der Waals surface area contributed by atoms with Crippen LogP contribution in [0.4, 0.5) is 0 Å². The number of carbonyl (C=O) groups excluding carboxylic acids is 2. The number of aromatic hydroxyl groups is 3. The summed E-state index contributed by atoms with van der Waals surface area (Å²) >= 11 is 0. The van der Waals surface area contributed by atoms with Crippen LogP contribution in [0.5, 0.6) is 23.0 Å². The minimum atomic E-state index is -1.92. The van der Waals surface area contributed by atoms with E-state index in [1.165, 1.54) is 31.2 Å². The summed E-state index contributed by atoms with van der Waals surface area (Å²) in [5.74, 6) is -3.98. The van der Waals surface area contributed by atoms with Crippen LogP contribution in [0.2, 0.25) is 0 Å². The van der Waals surface area contributed by atoms with Gasteiger partial charge >= 0.3 is 11.9 Å². The third-order valence-electron chi connectivity index (χ3n) is 7.78. The molecule has 2 saturated heterocycles. The second-order valence-corrected chi connectivity index (χ2v) is 11.3. The summed E-state index contributed by atoms with van der Waals surface area (Å²) in [6.45, 7) is 2.99. The van der Waals surface area contributed by atoms with Gasteiger partial charge in [0.2, 0.25) is 12.0 Å². The second-order valence-electron chi connectivity index (χ2n) is 11.3. The molecule has 0 spiro atoms. The fourth-order valence-corrected chi connectivity index (χ4v) is 5.36. The van der Waals surface area contributed by atoms with Gasteiger partial charge in [0.15, 0.2) is 35.4 Å². The van der Waals surface area contributed by atoms with Crippen LogP contribution in [-0.2, 0) is 33.3 Å². The lowest BCUT2D eigenvalue weighted by atomic mass is 9.98. The van der Waals surface area contributed by atoms with Gasteiger partial charge in [0.25, 0.3) is 0 Å². The van der Waals surface area contributed by atoms with E-state index in [0.717, 1.165) is 26.0 Å². The Morgan fingerprint density at radius 3 is 2.08 bits per heavy atom. The zero-order valence-electron chi connectivity index (χ0n) is 25.7. The first kappa shape index (κ1) is 34.8. The normalized spacial score (nSPS) is 30.5. The molecule has 5 rings (SSSR count). The standard InChI is InChI=1S/C31H34O17/c1-11-22(36)28(44-12(2)32)29(45-13(3)33)31(43-11)42-10-20-24(38)26(40)27(41)30(48-20)47-19-9-18-21(25(39)23(19)37)16(35)8-17(46-18)14-4-6-15(34)7-5-14/h4-9,11,20,22,24,26-31,34,36-41H,10H2,1-3H3/t11-,20-,22+,24+,26+,27+,28+,29-,30-,31-/m1/s1. The molecule has 0 unspecified atom stereocenters. The van der Waals surface area contributed by atoms with Gasteiger partial charge in [-0.25, -0.2) is 0 Å². The maximum atomic E-state index is 12.8. The number of esters is 2. The third kappa shape index (κ3) is 7.02. The van der Waals surface area contributed by atoms with Crippen LogP contribution < -0.4 is 10.2 Å². The Morgan fingerprint density at radius 1 is 0.792 bits per heavy atom. The smallest absolute Gasteiger partial charge is 0.303 e. The summed E-state index contributed by atoms with van der Waals surface area (Å²) in [6, 6.07) is 7.79. The van der Waals surface area contributed by atoms with Gasteiger partial charge in [0.1, 0.15) is 53.0 Å². The molecule has 17 heteroatoms. The van der Waals surface area contributed by atoms with Crippen molar-refractivity contribution in [3.05, 3.63) is 46.6 Å². The Kier molecular flexibility index (Phi) is 10.1. The average Bonchev–Trinajstić information content (AvgIpc) is 3.02. The number of ether oxygens (including phenoxy) is 6. The first-order chi connectivity index (χ1) is 22.7. The van der Waals surface area contributed by atoms with E-state index in [1.54, 1.807) is 0 Å². The number of hydrogen-bond donors (Lipinski definition) is 7. The first-order valence-corrected chi connectivity index (χ1v) is 14.6. The van der Waals surface area contributed by atoms with Crippen molar-refractivity contribution in [3.8, 4) is 34.3 Å². The Labute approximate surface area is 271 Å². The number of carbonyl (C=O) groups is 2. The molecule has 260 valence electrons. The molecule has 2 aromatic carbocycles. The van der Waals surface area contributed by atoms with Crippen molar-refractivity contribution in [2.45, 2.75) is 82.2 Å². The summed E-state index contributed by atoms with van der Waals surface area (Å²) in [7, 11) is 0. The van der Waals surface area contributed by atoms with E-state index in [1.807, 2.05) is 0 Å². The van der Waals surface area contributed by atoms with E-state index in [2.05, 4.69) is 0 Å². The number of phenols is 3. The molecule has 48 heavy (non-hydrogen) atoms. The highest BCUT2D eigenvalue weighted by atomic mass is 16.7. The van der Waals surface area contributed by atoms with Gasteiger partial charge < -0.3 is 68.6 Å². The van der Waals surface area contributed by atoms with Crippen molar-refractivity contribution < 1.29 is 78.2 Å². The number of phenolic OH excluding ortho intramolecular Hbond substituents is 3. The van der Waals surface area contributed by atoms with Crippen LogP contribution in [0.25, 0.3) is 22.3 Å². The quantitative estimate of drug-likeness (QED) is 0.120. The predicted octanol–water partition coefficient (Wildman–Crippen LogP) is -0.251. The van der Waals surface area contributed by atoms with Crippen molar-refractivity contribution in [1.29, 1.82) is 0 Å². The molecule has 10 atom stereocenters. The lowest BCUT2D eigenvalue weighted by Crippen LogP contribution is -2.62. The molecule has 0 amide bonds. The molecular weight excluding hydrogens is 644 g/mol. The fraction of sp³-hybridized carbons (Fsp3) is 0.452. The molecular formula is C31H34O17. The van der Waals surface area contributed by atoms with Gasteiger partial charge in [-0.2, -0.15) is 0 Å². The van der Waals surface area contributed by atoms with Crippen molar-refractivity contribution >= 4 is 22.9 Å². The Morgan fingerprint density at radius 2 is 1.44 bits per heavy atom. The van der Waals surface area contributed by atoms with E-state index in [0.29, 0.717) is 5.56 Å². The monoisotopic (exact) mass is 678 g/mol. The molecule has 2 aliphatic rings. The Hall–Kier alpha value is -4.49. The van der Waals surface area contributed by atoms with E-state index >= 15 is 0 Å². The lowest BCUT2D eigenvalue weighted by Gasteiger charge is -2.43. The molecule has 2 fully saturated rings. The maximum absolute atomic E-state index is 12.8. The molecule has 3 heterocycles. The van der Waals surface area contributed by atoms with Crippen molar-refractivity contribution in [1.82, 2.24) is 0 Å². The second kappa shape index (κ2) is 13.9. The minimum Gasteiger partial charge on any atom is -0.508 e. The fourth-order valence-electron chi connectivity index (χ4n) is 5.36. The SMILES string of the molecule is CC(=O)O[C@H]1[C@H](OC[C@H]2O[C@@H](Oc3cc4oc(-c5ccc(O)cc5)cc(=O)c4c(O)c3O)[C@@H](O)[C@@H](O)[C@H]2O)O[C@H](C)[C@H](O)[C@@H]1OC(C)=O. The zero-order valence-corrected chi connectivity index (χ0v) is 25.7. The zero-order chi connectivity index (χ0) is 35.0. The molecule has 0 radical (unpaired) electrons. The Bertz CT molecular complexity index is 1700. The van der Waals surface area contributed by atoms with E-state index in [-0.39, 0.29) is 17.1 Å². The summed E-state index contributed by atoms with van der Waals surface area (Å²) in [5.41, 5.74) is -0.571. The molecule has 2 aliphatic heterocycles. The number of aliphatic hydroxyl groups is 4. The van der Waals surface area contributed by atoms with Gasteiger partial charge in [-0.15, -0.1) is 0 Å². The van der Waals surface area contributed by atoms with Crippen LogP contribution in [0, 0.1) is 0 Å². The molecule has 17 nitrogen and oxygen atoms in total. The summed E-state index contributed by atoms with van der Waals surface area (Å²) in [4.78, 5) is 36.4. The summed E-state index contributed by atoms with van der Waals surface area (Å²) in [6.07, 6.45) is -15.6. The maximum Gasteiger partial charge on any atom is 0.303 e. The van der Waals surface area contributed by atoms with Crippen molar-refractivity contribution in [2.24, 2.45) is 0 Å². The number of rotatable bonds is 8. The molecule has 0 aliphatic carbocycles. The third-order valence-corrected chi connectivity index (χ3v) is 7.78. The van der Waals surface area contributed by atoms with Crippen LogP contribution in [0.3, 0.4) is 0 Å². The lowest BCUT2D eigenvalue weighted by molar-refractivity contribution is -0.320. The van der Waals surface area contributed by atoms with E-state index < -0.39 is 108 Å². The van der Waals surface area contributed by atoms with Gasteiger partial charge in [-0.3, -0.25) is 14.4 Å². The minimum absolute atomic E-state index is 0.0304. The summed E-state index contributed by atoms with van der Waals surface area (Å²) in [5, 5.41) is 73.0. The van der Waals surface area contributed by atoms with Crippen LogP contribution >= 0.6 is 0 Å². The van der Waals surface area contributed by atoms with Gasteiger partial charge in [-0.05, 0) is 31.2 Å². The number of benzene rings is 2. The first-order valence-electron chi connectivity index (χ1n) is 14.6. The van der Waals surface area contributed by atoms with Crippen LogP contribution in [0.15, 0.2) is 45.6 Å². The average molecular weight is 679 g/mol. The number of aliphatic hydroxyl groups excluding tert-OH is 4. The van der Waals surface area contributed by atoms with E-state index in [9.17, 15) is 50.1 Å². The molecule has 1 aromatic heterocycles. The largest absolute Gasteiger partial charge is 0.508 e. The molecule has 3 aromatic rings. The highest BCUT2D eigenvalue weighted by Crippen LogP contribution is 2.43. The van der Waals surface area contributed by atoms with Gasteiger partial charge in [0.05, 0.1) is 12.7 Å². The molecule has 7 N–H and O–H groups in total. The van der Waals surface area contributed by atoms with Gasteiger partial charge in [-0.1, -0.05) is 0 Å². The number of fused-ring (bicyclic) bond motifs is 1. The molecule has 0 saturated carbocycles. The molecule has 0 bridgehead atoms. The predicted molar refractivity (Wildman–Crippen MR) is 158 cm³/mol. The van der Waals surface area contributed by atoms with Crippen LogP contribution in [0.1, 0.15) is 20.8 Å². The topological polar surface area (TPSA) is 261 Å². The Balaban J connectivity index is 1.38. The number of hydrogen-bond acceptors (Lipinski definition) is 17. The van der Waals surface area contributed by atoms with Crippen LogP contribution in [-0.4, -0.2) is 116 Å². The van der Waals surface area contributed by atoms with Crippen molar-refractivity contribution in [3.63, 3.8) is 0 Å². The highest BCUT2D eigenvalue weighted by Gasteiger charge is 2.50. The van der Waals surface area contributed by atoms with E-state index in [4.69, 9.17) is 32.8 Å². The summed E-state index contributed by atoms with van der Waals surface area (Å²) < 4.78 is 38.7. The van der Waals surface area contributed by atoms with Crippen molar-refractivity contribution in [2.75, 3.05) is 6.61 Å².